The predicted octanol–water partition coefficient (Wildman–Crippen LogP) is 4.34. The third kappa shape index (κ3) is 4.85. The average Bonchev–Trinajstić information content (AvgIpc) is 2.64. The van der Waals surface area contributed by atoms with Crippen molar-refractivity contribution in [2.75, 3.05) is 19.7 Å². The van der Waals surface area contributed by atoms with Crippen LogP contribution in [-0.2, 0) is 12.3 Å². The Labute approximate surface area is 149 Å². The molecule has 1 aliphatic heterocycles. The summed E-state index contributed by atoms with van der Waals surface area (Å²) in [5.41, 5.74) is 2.77. The van der Waals surface area contributed by atoms with Gasteiger partial charge in [0.1, 0.15) is 0 Å². The van der Waals surface area contributed by atoms with Crippen LogP contribution in [0.25, 0.3) is 0 Å². The van der Waals surface area contributed by atoms with Gasteiger partial charge in [-0.3, -0.25) is 4.90 Å². The van der Waals surface area contributed by atoms with E-state index in [9.17, 15) is 5.11 Å². The zero-order valence-corrected chi connectivity index (χ0v) is 15.0. The lowest BCUT2D eigenvalue weighted by atomic mass is 9.92. The van der Waals surface area contributed by atoms with Gasteiger partial charge in [-0.2, -0.15) is 11.8 Å². The molecule has 128 valence electrons. The lowest BCUT2D eigenvalue weighted by Gasteiger charge is -2.41. The van der Waals surface area contributed by atoms with Crippen molar-refractivity contribution in [2.45, 2.75) is 36.3 Å². The molecule has 1 saturated heterocycles. The molecule has 1 aliphatic rings. The standard InChI is InChI=1S/C21H27NOS/c23-16-13-21(24-18-20-9-5-2-6-10-20)11-14-22(15-12-21)17-19-7-3-1-4-8-19/h1-10,23H,11-18H2. The Hall–Kier alpha value is -1.29. The third-order valence-corrected chi connectivity index (χ3v) is 6.67. The van der Waals surface area contributed by atoms with E-state index in [-0.39, 0.29) is 4.75 Å². The molecule has 2 aromatic rings. The zero-order chi connectivity index (χ0) is 16.7. The fourth-order valence-electron chi connectivity index (χ4n) is 3.44. The van der Waals surface area contributed by atoms with E-state index in [0.29, 0.717) is 6.61 Å². The fourth-order valence-corrected chi connectivity index (χ4v) is 4.81. The maximum Gasteiger partial charge on any atom is 0.0444 e. The molecule has 2 nitrogen and oxygen atoms in total. The minimum absolute atomic E-state index is 0.234. The Morgan fingerprint density at radius 3 is 2.04 bits per heavy atom. The summed E-state index contributed by atoms with van der Waals surface area (Å²) in [6.07, 6.45) is 3.24. The van der Waals surface area contributed by atoms with Gasteiger partial charge in [-0.15, -0.1) is 0 Å². The van der Waals surface area contributed by atoms with E-state index >= 15 is 0 Å². The van der Waals surface area contributed by atoms with Crippen LogP contribution < -0.4 is 0 Å². The normalized spacial score (nSPS) is 17.7. The molecule has 1 heterocycles. The second-order valence-electron chi connectivity index (χ2n) is 6.69. The lowest BCUT2D eigenvalue weighted by Crippen LogP contribution is -2.42. The third-order valence-electron chi connectivity index (χ3n) is 4.97. The first-order valence-electron chi connectivity index (χ1n) is 8.85. The molecule has 24 heavy (non-hydrogen) atoms. The highest BCUT2D eigenvalue weighted by Gasteiger charge is 2.34. The van der Waals surface area contributed by atoms with Gasteiger partial charge in [-0.05, 0) is 43.5 Å². The summed E-state index contributed by atoms with van der Waals surface area (Å²) in [7, 11) is 0. The van der Waals surface area contributed by atoms with Gasteiger partial charge in [0.25, 0.3) is 0 Å². The summed E-state index contributed by atoms with van der Waals surface area (Å²) in [5.74, 6) is 1.04. The van der Waals surface area contributed by atoms with Crippen LogP contribution in [0.1, 0.15) is 30.4 Å². The Balaban J connectivity index is 1.55. The Morgan fingerprint density at radius 2 is 1.46 bits per heavy atom. The molecule has 0 unspecified atom stereocenters. The van der Waals surface area contributed by atoms with Gasteiger partial charge in [0.15, 0.2) is 0 Å². The molecule has 1 N–H and O–H groups in total. The first-order valence-corrected chi connectivity index (χ1v) is 9.83. The van der Waals surface area contributed by atoms with E-state index in [4.69, 9.17) is 0 Å². The molecule has 0 amide bonds. The largest absolute Gasteiger partial charge is 0.396 e. The molecule has 0 aliphatic carbocycles. The molecule has 3 heteroatoms. The van der Waals surface area contributed by atoms with Crippen molar-refractivity contribution in [3.05, 3.63) is 71.8 Å². The number of likely N-dealkylation sites (tertiary alicyclic amines) is 1. The van der Waals surface area contributed by atoms with Crippen molar-refractivity contribution in [3.8, 4) is 0 Å². The smallest absolute Gasteiger partial charge is 0.0444 e. The van der Waals surface area contributed by atoms with Crippen molar-refractivity contribution >= 4 is 11.8 Å². The lowest BCUT2D eigenvalue weighted by molar-refractivity contribution is 0.170. The molecule has 0 spiro atoms. The van der Waals surface area contributed by atoms with Gasteiger partial charge in [-0.25, -0.2) is 0 Å². The monoisotopic (exact) mass is 341 g/mol. The van der Waals surface area contributed by atoms with Crippen LogP contribution in [-0.4, -0.2) is 34.4 Å². The van der Waals surface area contributed by atoms with Crippen molar-refractivity contribution < 1.29 is 5.11 Å². The molecule has 0 bridgehead atoms. The number of aliphatic hydroxyl groups is 1. The predicted molar refractivity (Wildman–Crippen MR) is 103 cm³/mol. The number of thioether (sulfide) groups is 1. The summed E-state index contributed by atoms with van der Waals surface area (Å²) >= 11 is 2.04. The van der Waals surface area contributed by atoms with Gasteiger partial charge >= 0.3 is 0 Å². The molecular weight excluding hydrogens is 314 g/mol. The number of aliphatic hydroxyl groups excluding tert-OH is 1. The second kappa shape index (κ2) is 8.70. The molecule has 1 fully saturated rings. The minimum atomic E-state index is 0.234. The molecule has 3 rings (SSSR count). The van der Waals surface area contributed by atoms with Crippen LogP contribution >= 0.6 is 11.8 Å². The van der Waals surface area contributed by atoms with E-state index in [1.165, 1.54) is 11.1 Å². The highest BCUT2D eigenvalue weighted by molar-refractivity contribution is 7.99. The number of nitrogens with zero attached hydrogens (tertiary/aromatic N) is 1. The highest BCUT2D eigenvalue weighted by atomic mass is 32.2. The Kier molecular flexibility index (Phi) is 6.36. The van der Waals surface area contributed by atoms with E-state index in [0.717, 1.165) is 44.6 Å². The number of piperidine rings is 1. The van der Waals surface area contributed by atoms with Gasteiger partial charge in [0, 0.05) is 23.7 Å². The molecule has 0 radical (unpaired) electrons. The Bertz CT molecular complexity index is 594. The van der Waals surface area contributed by atoms with Crippen molar-refractivity contribution in [2.24, 2.45) is 0 Å². The molecule has 0 atom stereocenters. The quantitative estimate of drug-likeness (QED) is 0.810. The van der Waals surface area contributed by atoms with Gasteiger partial charge in [0.05, 0.1) is 0 Å². The molecular formula is C21H27NOS. The summed E-state index contributed by atoms with van der Waals surface area (Å²) in [6, 6.07) is 21.4. The van der Waals surface area contributed by atoms with Crippen LogP contribution in [0.5, 0.6) is 0 Å². The van der Waals surface area contributed by atoms with E-state index in [2.05, 4.69) is 65.6 Å². The maximum absolute atomic E-state index is 9.56. The van der Waals surface area contributed by atoms with Crippen molar-refractivity contribution in [1.29, 1.82) is 0 Å². The summed E-state index contributed by atoms with van der Waals surface area (Å²) in [6.45, 7) is 3.58. The summed E-state index contributed by atoms with van der Waals surface area (Å²) in [5, 5.41) is 9.56. The minimum Gasteiger partial charge on any atom is -0.396 e. The second-order valence-corrected chi connectivity index (χ2v) is 8.14. The zero-order valence-electron chi connectivity index (χ0n) is 14.2. The number of hydrogen-bond donors (Lipinski definition) is 1. The number of rotatable bonds is 7. The fraction of sp³-hybridized carbons (Fsp3) is 0.429. The van der Waals surface area contributed by atoms with E-state index in [1.54, 1.807) is 0 Å². The highest BCUT2D eigenvalue weighted by Crippen LogP contribution is 2.41. The molecule has 0 saturated carbocycles. The SMILES string of the molecule is OCCC1(SCc2ccccc2)CCN(Cc2ccccc2)CC1. The van der Waals surface area contributed by atoms with Crippen LogP contribution in [0.2, 0.25) is 0 Å². The summed E-state index contributed by atoms with van der Waals surface area (Å²) in [4.78, 5) is 2.55. The summed E-state index contributed by atoms with van der Waals surface area (Å²) < 4.78 is 0.234. The number of benzene rings is 2. The van der Waals surface area contributed by atoms with E-state index < -0.39 is 0 Å². The van der Waals surface area contributed by atoms with Gasteiger partial charge in [0.2, 0.25) is 0 Å². The van der Waals surface area contributed by atoms with E-state index in [1.807, 2.05) is 11.8 Å². The first kappa shape index (κ1) is 17.5. The van der Waals surface area contributed by atoms with Crippen LogP contribution in [0.3, 0.4) is 0 Å². The van der Waals surface area contributed by atoms with Crippen LogP contribution in [0.15, 0.2) is 60.7 Å². The molecule has 0 aromatic heterocycles. The Morgan fingerprint density at radius 1 is 0.875 bits per heavy atom. The number of hydrogen-bond acceptors (Lipinski definition) is 3. The van der Waals surface area contributed by atoms with Crippen molar-refractivity contribution in [1.82, 2.24) is 4.90 Å². The van der Waals surface area contributed by atoms with Gasteiger partial charge in [-0.1, -0.05) is 60.7 Å². The van der Waals surface area contributed by atoms with Crippen LogP contribution in [0, 0.1) is 0 Å². The van der Waals surface area contributed by atoms with Crippen LogP contribution in [0.4, 0.5) is 0 Å². The average molecular weight is 342 g/mol. The molecule has 2 aromatic carbocycles. The van der Waals surface area contributed by atoms with Gasteiger partial charge < -0.3 is 5.11 Å². The van der Waals surface area contributed by atoms with Crippen molar-refractivity contribution in [3.63, 3.8) is 0 Å². The first-order chi connectivity index (χ1) is 11.8. The topological polar surface area (TPSA) is 23.5 Å². The maximum atomic E-state index is 9.56.